The number of hydrogen-bond acceptors (Lipinski definition) is 5. The molecule has 2 heterocycles. The highest BCUT2D eigenvalue weighted by Crippen LogP contribution is 2.35. The van der Waals surface area contributed by atoms with E-state index < -0.39 is 17.7 Å². The molecule has 4 aromatic rings. The molecule has 0 radical (unpaired) electrons. The molecule has 36 heavy (non-hydrogen) atoms. The van der Waals surface area contributed by atoms with Crippen molar-refractivity contribution in [2.45, 2.75) is 31.7 Å². The molecule has 1 amide bonds. The van der Waals surface area contributed by atoms with Gasteiger partial charge in [0.1, 0.15) is 10.8 Å². The zero-order chi connectivity index (χ0) is 26.0. The Kier molecular flexibility index (Phi) is 7.21. The van der Waals surface area contributed by atoms with Crippen LogP contribution in [0.4, 0.5) is 4.39 Å². The molecule has 2 aromatic heterocycles. The molecule has 0 bridgehead atoms. The number of hydrogen-bond donors (Lipinski definition) is 2. The third kappa shape index (κ3) is 4.87. The van der Waals surface area contributed by atoms with E-state index in [0.29, 0.717) is 34.6 Å². The number of aromatic nitrogens is 2. The fraction of sp³-hybridized carbons (Fsp3) is 0.185. The summed E-state index contributed by atoms with van der Waals surface area (Å²) in [7, 11) is 0. The second-order valence-corrected chi connectivity index (χ2v) is 9.24. The lowest BCUT2D eigenvalue weighted by atomic mass is 9.94. The van der Waals surface area contributed by atoms with Gasteiger partial charge in [-0.05, 0) is 47.7 Å². The van der Waals surface area contributed by atoms with E-state index in [2.05, 4.69) is 4.98 Å². The highest BCUT2D eigenvalue weighted by molar-refractivity contribution is 8.00. The summed E-state index contributed by atoms with van der Waals surface area (Å²) in [5.41, 5.74) is 10.7. The number of carboxylic acid groups (broad SMARTS) is 1. The van der Waals surface area contributed by atoms with Crippen LogP contribution in [0.25, 0.3) is 16.6 Å². The SMILES string of the molecule is CCc1c(C(=O)C(N)=O)c2c(SCC(=O)O)nc(C)cn2c1Cc1ccccc1-c1ccc(F)cc1. The first kappa shape index (κ1) is 25.1. The van der Waals surface area contributed by atoms with E-state index in [1.54, 1.807) is 25.3 Å². The van der Waals surface area contributed by atoms with Crippen LogP contribution in [0.1, 0.15) is 39.8 Å². The van der Waals surface area contributed by atoms with Crippen LogP contribution < -0.4 is 5.73 Å². The second-order valence-electron chi connectivity index (χ2n) is 8.28. The minimum Gasteiger partial charge on any atom is -0.481 e. The molecule has 0 aliphatic rings. The van der Waals surface area contributed by atoms with Gasteiger partial charge in [-0.1, -0.05) is 55.1 Å². The van der Waals surface area contributed by atoms with Gasteiger partial charge in [0.15, 0.2) is 0 Å². The number of carbonyl (C=O) groups is 3. The summed E-state index contributed by atoms with van der Waals surface area (Å²) in [5.74, 6) is -3.55. The van der Waals surface area contributed by atoms with Gasteiger partial charge in [0, 0.05) is 18.3 Å². The number of benzene rings is 2. The Morgan fingerprint density at radius 3 is 2.44 bits per heavy atom. The second kappa shape index (κ2) is 10.3. The Morgan fingerprint density at radius 1 is 1.11 bits per heavy atom. The molecule has 4 rings (SSSR count). The monoisotopic (exact) mass is 505 g/mol. The minimum atomic E-state index is -1.09. The summed E-state index contributed by atoms with van der Waals surface area (Å²) in [6.45, 7) is 3.66. The molecule has 184 valence electrons. The molecule has 0 aliphatic heterocycles. The topological polar surface area (TPSA) is 115 Å². The fourth-order valence-corrected chi connectivity index (χ4v) is 5.21. The smallest absolute Gasteiger partial charge is 0.313 e. The van der Waals surface area contributed by atoms with Crippen LogP contribution in [0, 0.1) is 12.7 Å². The van der Waals surface area contributed by atoms with Crippen molar-refractivity contribution in [2.24, 2.45) is 5.73 Å². The lowest BCUT2D eigenvalue weighted by molar-refractivity contribution is -0.133. The molecule has 0 saturated carbocycles. The van der Waals surface area contributed by atoms with E-state index in [-0.39, 0.29) is 17.1 Å². The van der Waals surface area contributed by atoms with E-state index >= 15 is 0 Å². The Bertz CT molecular complexity index is 1500. The zero-order valence-electron chi connectivity index (χ0n) is 19.7. The van der Waals surface area contributed by atoms with Crippen LogP contribution in [-0.2, 0) is 22.4 Å². The predicted molar refractivity (Wildman–Crippen MR) is 136 cm³/mol. The number of carboxylic acids is 1. The van der Waals surface area contributed by atoms with Crippen molar-refractivity contribution in [1.82, 2.24) is 9.38 Å². The van der Waals surface area contributed by atoms with Gasteiger partial charge in [-0.2, -0.15) is 0 Å². The summed E-state index contributed by atoms with van der Waals surface area (Å²) >= 11 is 0.984. The molecular weight excluding hydrogens is 481 g/mol. The number of nitrogens with two attached hydrogens (primary N) is 1. The number of thioether (sulfide) groups is 1. The molecule has 9 heteroatoms. The van der Waals surface area contributed by atoms with Crippen molar-refractivity contribution in [3.05, 3.63) is 88.6 Å². The molecule has 3 N–H and O–H groups in total. The van der Waals surface area contributed by atoms with Crippen molar-refractivity contribution < 1.29 is 23.9 Å². The van der Waals surface area contributed by atoms with Crippen LogP contribution in [0.15, 0.2) is 59.8 Å². The van der Waals surface area contributed by atoms with Gasteiger partial charge in [0.2, 0.25) is 0 Å². The number of carbonyl (C=O) groups excluding carboxylic acids is 2. The maximum absolute atomic E-state index is 13.5. The summed E-state index contributed by atoms with van der Waals surface area (Å²) < 4.78 is 15.4. The van der Waals surface area contributed by atoms with Crippen LogP contribution in [-0.4, -0.2) is 37.9 Å². The molecule has 2 aromatic carbocycles. The summed E-state index contributed by atoms with van der Waals surface area (Å²) in [6.07, 6.45) is 2.61. The van der Waals surface area contributed by atoms with Crippen molar-refractivity contribution >= 4 is 34.9 Å². The average Bonchev–Trinajstić information content (AvgIpc) is 3.15. The van der Waals surface area contributed by atoms with Gasteiger partial charge >= 0.3 is 5.97 Å². The first-order chi connectivity index (χ1) is 17.2. The molecular formula is C27H24FN3O4S. The number of aliphatic carboxylic acids is 1. The van der Waals surface area contributed by atoms with E-state index in [9.17, 15) is 23.9 Å². The Hall–Kier alpha value is -3.98. The highest BCUT2D eigenvalue weighted by atomic mass is 32.2. The zero-order valence-corrected chi connectivity index (χ0v) is 20.6. The molecule has 7 nitrogen and oxygen atoms in total. The highest BCUT2D eigenvalue weighted by Gasteiger charge is 2.28. The third-order valence-electron chi connectivity index (χ3n) is 5.88. The number of nitrogens with zero attached hydrogens (tertiary/aromatic N) is 2. The lowest BCUT2D eigenvalue weighted by Gasteiger charge is -2.13. The number of primary amides is 1. The third-order valence-corrected chi connectivity index (χ3v) is 6.83. The van der Waals surface area contributed by atoms with E-state index in [0.717, 1.165) is 34.1 Å². The number of Topliss-reactive ketones (excluding diaryl/α,β-unsaturated/α-hetero) is 1. The molecule has 0 fully saturated rings. The lowest BCUT2D eigenvalue weighted by Crippen LogP contribution is -2.24. The Labute approximate surface area is 211 Å². The average molecular weight is 506 g/mol. The standard InChI is InChI=1S/C27H24FN3O4S/c1-3-19-21(12-17-6-4-5-7-20(17)16-8-10-18(28)11-9-16)31-13-15(2)30-27(36-14-22(32)33)24(31)23(19)25(34)26(29)35/h4-11,13H,3,12,14H2,1-2H3,(H2,29,35)(H,32,33). The van der Waals surface area contributed by atoms with Crippen molar-refractivity contribution in [2.75, 3.05) is 5.75 Å². The normalized spacial score (nSPS) is 11.1. The van der Waals surface area contributed by atoms with Gasteiger partial charge in [0.25, 0.3) is 11.7 Å². The largest absolute Gasteiger partial charge is 0.481 e. The fourth-order valence-electron chi connectivity index (χ4n) is 4.41. The van der Waals surface area contributed by atoms with E-state index in [4.69, 9.17) is 5.73 Å². The van der Waals surface area contributed by atoms with Crippen LogP contribution in [0.5, 0.6) is 0 Å². The van der Waals surface area contributed by atoms with Crippen molar-refractivity contribution in [3.8, 4) is 11.1 Å². The number of rotatable bonds is 9. The minimum absolute atomic E-state index is 0.152. The number of amides is 1. The Morgan fingerprint density at radius 2 is 1.81 bits per heavy atom. The predicted octanol–water partition coefficient (Wildman–Crippen LogP) is 4.45. The summed E-state index contributed by atoms with van der Waals surface area (Å²) in [6, 6.07) is 13.9. The number of fused-ring (bicyclic) bond motifs is 1. The molecule has 0 unspecified atom stereocenters. The maximum Gasteiger partial charge on any atom is 0.313 e. The Balaban J connectivity index is 1.97. The van der Waals surface area contributed by atoms with E-state index in [1.807, 2.05) is 35.6 Å². The van der Waals surface area contributed by atoms with Gasteiger partial charge in [-0.25, -0.2) is 9.37 Å². The molecule has 0 atom stereocenters. The van der Waals surface area contributed by atoms with Crippen LogP contribution in [0.2, 0.25) is 0 Å². The van der Waals surface area contributed by atoms with Gasteiger partial charge in [0.05, 0.1) is 22.5 Å². The molecule has 0 spiro atoms. The number of aryl methyl sites for hydroxylation is 1. The number of halogens is 1. The van der Waals surface area contributed by atoms with Gasteiger partial charge < -0.3 is 15.2 Å². The maximum atomic E-state index is 13.5. The van der Waals surface area contributed by atoms with Gasteiger partial charge in [-0.3, -0.25) is 14.4 Å². The first-order valence-electron chi connectivity index (χ1n) is 11.3. The summed E-state index contributed by atoms with van der Waals surface area (Å²) in [5, 5.41) is 9.56. The number of ketones is 1. The van der Waals surface area contributed by atoms with Crippen molar-refractivity contribution in [3.63, 3.8) is 0 Å². The van der Waals surface area contributed by atoms with Crippen LogP contribution in [0.3, 0.4) is 0 Å². The molecule has 0 saturated heterocycles. The first-order valence-corrected chi connectivity index (χ1v) is 12.3. The molecule has 0 aliphatic carbocycles. The van der Waals surface area contributed by atoms with Crippen LogP contribution >= 0.6 is 11.8 Å². The van der Waals surface area contributed by atoms with Gasteiger partial charge in [-0.15, -0.1) is 0 Å². The van der Waals surface area contributed by atoms with E-state index in [1.165, 1.54) is 12.1 Å². The summed E-state index contributed by atoms with van der Waals surface area (Å²) in [4.78, 5) is 40.8. The quantitative estimate of drug-likeness (QED) is 0.197. The van der Waals surface area contributed by atoms with Crippen molar-refractivity contribution in [1.29, 1.82) is 0 Å².